The van der Waals surface area contributed by atoms with Crippen LogP contribution in [0.1, 0.15) is 323 Å². The van der Waals surface area contributed by atoms with E-state index in [9.17, 15) is 14.4 Å². The molecule has 0 fully saturated rings. The predicted molar refractivity (Wildman–Crippen MR) is 284 cm³/mol. The molecule has 0 bridgehead atoms. The molecule has 0 aliphatic carbocycles. The van der Waals surface area contributed by atoms with Crippen molar-refractivity contribution in [3.8, 4) is 0 Å². The third-order valence-electron chi connectivity index (χ3n) is 13.2. The Morgan fingerprint density at radius 2 is 0.545 bits per heavy atom. The van der Waals surface area contributed by atoms with Gasteiger partial charge < -0.3 is 14.2 Å². The van der Waals surface area contributed by atoms with Crippen molar-refractivity contribution in [2.45, 2.75) is 329 Å². The molecule has 6 nitrogen and oxygen atoms in total. The molecule has 66 heavy (non-hydrogen) atoms. The van der Waals surface area contributed by atoms with E-state index in [2.05, 4.69) is 45.1 Å². The monoisotopic (exact) mass is 929 g/mol. The topological polar surface area (TPSA) is 78.9 Å². The highest BCUT2D eigenvalue weighted by Gasteiger charge is 2.19. The predicted octanol–water partition coefficient (Wildman–Crippen LogP) is 19.5. The number of hydrogen-bond acceptors (Lipinski definition) is 6. The van der Waals surface area contributed by atoms with Crippen LogP contribution in [-0.4, -0.2) is 37.2 Å². The van der Waals surface area contributed by atoms with Gasteiger partial charge in [-0.25, -0.2) is 0 Å². The first-order valence-corrected chi connectivity index (χ1v) is 29.3. The van der Waals surface area contributed by atoms with Crippen LogP contribution in [0.2, 0.25) is 0 Å². The maximum absolute atomic E-state index is 12.8. The van der Waals surface area contributed by atoms with Crippen LogP contribution in [0.3, 0.4) is 0 Å². The SMILES string of the molecule is CCCCC/C=C\C/C=C\CCCCCCCCCC(=O)OC(COC(=O)CCCCCCCCC)COC(=O)CCCCCCCCCCCCCCCCCCCCCCCCCC. The maximum atomic E-state index is 12.8. The molecular formula is C60H112O6. The van der Waals surface area contributed by atoms with E-state index >= 15 is 0 Å². The molecule has 0 radical (unpaired) electrons. The van der Waals surface area contributed by atoms with E-state index in [1.807, 2.05) is 0 Å². The fourth-order valence-electron chi connectivity index (χ4n) is 8.77. The lowest BCUT2D eigenvalue weighted by Crippen LogP contribution is -2.30. The number of hydrogen-bond donors (Lipinski definition) is 0. The molecule has 1 atom stereocenters. The van der Waals surface area contributed by atoms with Crippen molar-refractivity contribution < 1.29 is 28.6 Å². The molecule has 0 aromatic rings. The van der Waals surface area contributed by atoms with Gasteiger partial charge in [0.2, 0.25) is 0 Å². The summed E-state index contributed by atoms with van der Waals surface area (Å²) in [6.07, 6.45) is 64.9. The zero-order valence-corrected chi connectivity index (χ0v) is 44.5. The zero-order valence-electron chi connectivity index (χ0n) is 44.5. The minimum absolute atomic E-state index is 0.0698. The molecule has 0 aromatic heterocycles. The largest absolute Gasteiger partial charge is 0.462 e. The molecule has 388 valence electrons. The van der Waals surface area contributed by atoms with Crippen molar-refractivity contribution >= 4 is 17.9 Å². The van der Waals surface area contributed by atoms with E-state index in [1.165, 1.54) is 212 Å². The number of carbonyl (C=O) groups is 3. The molecule has 0 saturated carbocycles. The second-order valence-electron chi connectivity index (χ2n) is 19.9. The summed E-state index contributed by atoms with van der Waals surface area (Å²) in [6, 6.07) is 0. The van der Waals surface area contributed by atoms with Crippen LogP contribution in [0.4, 0.5) is 0 Å². The fourth-order valence-corrected chi connectivity index (χ4v) is 8.77. The highest BCUT2D eigenvalue weighted by Crippen LogP contribution is 2.17. The Bertz CT molecular complexity index is 1070. The maximum Gasteiger partial charge on any atom is 0.306 e. The molecule has 0 N–H and O–H groups in total. The number of carbonyl (C=O) groups excluding carboxylic acids is 3. The van der Waals surface area contributed by atoms with Crippen molar-refractivity contribution in [1.29, 1.82) is 0 Å². The highest BCUT2D eigenvalue weighted by molar-refractivity contribution is 5.71. The minimum atomic E-state index is -0.769. The van der Waals surface area contributed by atoms with Gasteiger partial charge in [-0.2, -0.15) is 0 Å². The van der Waals surface area contributed by atoms with Gasteiger partial charge in [-0.1, -0.05) is 276 Å². The molecule has 0 rings (SSSR count). The van der Waals surface area contributed by atoms with Crippen LogP contribution in [0, 0.1) is 0 Å². The van der Waals surface area contributed by atoms with E-state index in [4.69, 9.17) is 14.2 Å². The third-order valence-corrected chi connectivity index (χ3v) is 13.2. The summed E-state index contributed by atoms with van der Waals surface area (Å²) in [5.41, 5.74) is 0. The van der Waals surface area contributed by atoms with Gasteiger partial charge in [0.15, 0.2) is 6.10 Å². The number of esters is 3. The average molecular weight is 930 g/mol. The first-order chi connectivity index (χ1) is 32.5. The summed E-state index contributed by atoms with van der Waals surface area (Å²) in [5, 5.41) is 0. The van der Waals surface area contributed by atoms with Gasteiger partial charge in [-0.15, -0.1) is 0 Å². The van der Waals surface area contributed by atoms with E-state index in [-0.39, 0.29) is 31.1 Å². The van der Waals surface area contributed by atoms with Crippen molar-refractivity contribution in [2.75, 3.05) is 13.2 Å². The molecule has 0 aliphatic rings. The highest BCUT2D eigenvalue weighted by atomic mass is 16.6. The van der Waals surface area contributed by atoms with Gasteiger partial charge in [0.1, 0.15) is 13.2 Å². The first-order valence-electron chi connectivity index (χ1n) is 29.3. The van der Waals surface area contributed by atoms with Gasteiger partial charge in [-0.05, 0) is 51.4 Å². The van der Waals surface area contributed by atoms with Crippen LogP contribution in [0.15, 0.2) is 24.3 Å². The molecule has 0 heterocycles. The fraction of sp³-hybridized carbons (Fsp3) is 0.883. The van der Waals surface area contributed by atoms with Crippen LogP contribution in [0.5, 0.6) is 0 Å². The summed E-state index contributed by atoms with van der Waals surface area (Å²) in [7, 11) is 0. The van der Waals surface area contributed by atoms with E-state index in [1.54, 1.807) is 0 Å². The van der Waals surface area contributed by atoms with Crippen molar-refractivity contribution in [3.63, 3.8) is 0 Å². The average Bonchev–Trinajstić information content (AvgIpc) is 3.31. The number of ether oxygens (including phenoxy) is 3. The zero-order chi connectivity index (χ0) is 47.9. The molecule has 0 amide bonds. The molecule has 0 saturated heterocycles. The molecule has 1 unspecified atom stereocenters. The van der Waals surface area contributed by atoms with Crippen molar-refractivity contribution in [3.05, 3.63) is 24.3 Å². The van der Waals surface area contributed by atoms with Crippen LogP contribution >= 0.6 is 0 Å². The number of allylic oxidation sites excluding steroid dienone is 4. The summed E-state index contributed by atoms with van der Waals surface area (Å²) in [5.74, 6) is -0.866. The second kappa shape index (κ2) is 55.5. The molecular weight excluding hydrogens is 817 g/mol. The van der Waals surface area contributed by atoms with E-state index in [0.29, 0.717) is 19.3 Å². The van der Waals surface area contributed by atoms with Gasteiger partial charge in [0, 0.05) is 19.3 Å². The standard InChI is InChI=1S/C60H112O6/c1-4-7-10-13-16-18-20-22-24-26-27-28-29-30-31-32-34-35-37-39-41-44-47-50-53-59(62)65-56-57(55-64-58(61)52-49-46-43-15-12-9-6-3)66-60(63)54-51-48-45-42-40-38-36-33-25-23-21-19-17-14-11-8-5-2/h17,19,23,25,57H,4-16,18,20-22,24,26-56H2,1-3H3/b19-17-,25-23-. The summed E-state index contributed by atoms with van der Waals surface area (Å²) in [4.78, 5) is 37.9. The number of unbranched alkanes of at least 4 members (excludes halogenated alkanes) is 39. The number of rotatable bonds is 54. The van der Waals surface area contributed by atoms with Gasteiger partial charge in [-0.3, -0.25) is 14.4 Å². The molecule has 0 spiro atoms. The Morgan fingerprint density at radius 3 is 0.864 bits per heavy atom. The van der Waals surface area contributed by atoms with Crippen molar-refractivity contribution in [1.82, 2.24) is 0 Å². The van der Waals surface area contributed by atoms with Crippen molar-refractivity contribution in [2.24, 2.45) is 0 Å². The minimum Gasteiger partial charge on any atom is -0.462 e. The summed E-state index contributed by atoms with van der Waals surface area (Å²) in [6.45, 7) is 6.61. The van der Waals surface area contributed by atoms with Crippen LogP contribution < -0.4 is 0 Å². The Morgan fingerprint density at radius 1 is 0.303 bits per heavy atom. The van der Waals surface area contributed by atoms with Crippen LogP contribution in [-0.2, 0) is 28.6 Å². The lowest BCUT2D eigenvalue weighted by atomic mass is 10.0. The lowest BCUT2D eigenvalue weighted by molar-refractivity contribution is -0.167. The van der Waals surface area contributed by atoms with Gasteiger partial charge in [0.25, 0.3) is 0 Å². The van der Waals surface area contributed by atoms with E-state index in [0.717, 1.165) is 70.6 Å². The molecule has 6 heteroatoms. The van der Waals surface area contributed by atoms with Crippen LogP contribution in [0.25, 0.3) is 0 Å². The smallest absolute Gasteiger partial charge is 0.306 e. The molecule has 0 aromatic carbocycles. The Hall–Kier alpha value is -2.11. The third kappa shape index (κ3) is 52.9. The first kappa shape index (κ1) is 63.9. The Kier molecular flexibility index (Phi) is 53.7. The Labute approximate surface area is 411 Å². The van der Waals surface area contributed by atoms with Gasteiger partial charge >= 0.3 is 17.9 Å². The second-order valence-corrected chi connectivity index (χ2v) is 19.9. The molecule has 0 aliphatic heterocycles. The lowest BCUT2D eigenvalue weighted by Gasteiger charge is -2.18. The summed E-state index contributed by atoms with van der Waals surface area (Å²) >= 11 is 0. The van der Waals surface area contributed by atoms with Gasteiger partial charge in [0.05, 0.1) is 0 Å². The quantitative estimate of drug-likeness (QED) is 0.0262. The Balaban J connectivity index is 4.11. The summed E-state index contributed by atoms with van der Waals surface area (Å²) < 4.78 is 16.8. The van der Waals surface area contributed by atoms with E-state index < -0.39 is 6.10 Å². The normalized spacial score (nSPS) is 12.1.